The highest BCUT2D eigenvalue weighted by molar-refractivity contribution is 5.98. The molecule has 0 saturated heterocycles. The van der Waals surface area contributed by atoms with Crippen molar-refractivity contribution >= 4 is 11.8 Å². The molecule has 0 saturated carbocycles. The fourth-order valence-corrected chi connectivity index (χ4v) is 2.70. The number of carbonyl (C=O) groups is 2. The van der Waals surface area contributed by atoms with Gasteiger partial charge in [0.1, 0.15) is 23.2 Å². The van der Waals surface area contributed by atoms with Gasteiger partial charge in [-0.15, -0.1) is 0 Å². The molecule has 0 aliphatic rings. The van der Waals surface area contributed by atoms with Crippen molar-refractivity contribution in [2.45, 2.75) is 39.8 Å². The van der Waals surface area contributed by atoms with E-state index >= 15 is 0 Å². The molecule has 0 radical (unpaired) electrons. The summed E-state index contributed by atoms with van der Waals surface area (Å²) in [4.78, 5) is 25.0. The van der Waals surface area contributed by atoms with Crippen LogP contribution in [-0.4, -0.2) is 17.9 Å². The minimum Gasteiger partial charge on any atom is -0.348 e. The number of amides is 2. The van der Waals surface area contributed by atoms with E-state index in [9.17, 15) is 18.4 Å². The van der Waals surface area contributed by atoms with Gasteiger partial charge >= 0.3 is 0 Å². The molecule has 0 fully saturated rings. The van der Waals surface area contributed by atoms with E-state index in [1.54, 1.807) is 13.8 Å². The summed E-state index contributed by atoms with van der Waals surface area (Å²) in [6, 6.07) is 9.70. The normalized spacial score (nSPS) is 13.1. The molecular weight excluding hydrogens is 350 g/mol. The van der Waals surface area contributed by atoms with Crippen molar-refractivity contribution in [3.8, 4) is 0 Å². The van der Waals surface area contributed by atoms with Crippen molar-refractivity contribution in [1.29, 1.82) is 0 Å². The summed E-state index contributed by atoms with van der Waals surface area (Å²) in [5.41, 5.74) is 1.34. The van der Waals surface area contributed by atoms with Gasteiger partial charge in [-0.1, -0.05) is 49.7 Å². The zero-order chi connectivity index (χ0) is 20.1. The van der Waals surface area contributed by atoms with Crippen LogP contribution < -0.4 is 10.6 Å². The van der Waals surface area contributed by atoms with Crippen LogP contribution in [0.2, 0.25) is 0 Å². The number of rotatable bonds is 6. The lowest BCUT2D eigenvalue weighted by atomic mass is 10.0. The lowest BCUT2D eigenvalue weighted by Crippen LogP contribution is -2.50. The van der Waals surface area contributed by atoms with Gasteiger partial charge in [0.25, 0.3) is 5.91 Å². The highest BCUT2D eigenvalue weighted by Gasteiger charge is 2.28. The van der Waals surface area contributed by atoms with Crippen molar-refractivity contribution in [2.75, 3.05) is 0 Å². The first-order valence-electron chi connectivity index (χ1n) is 8.82. The summed E-state index contributed by atoms with van der Waals surface area (Å²) >= 11 is 0. The van der Waals surface area contributed by atoms with Crippen molar-refractivity contribution < 1.29 is 18.4 Å². The monoisotopic (exact) mass is 374 g/mol. The third kappa shape index (κ3) is 5.12. The molecule has 2 unspecified atom stereocenters. The highest BCUT2D eigenvalue weighted by Crippen LogP contribution is 2.16. The molecule has 2 atom stereocenters. The average molecular weight is 374 g/mol. The molecule has 144 valence electrons. The van der Waals surface area contributed by atoms with Crippen molar-refractivity contribution in [1.82, 2.24) is 10.6 Å². The Morgan fingerprint density at radius 3 is 1.96 bits per heavy atom. The maximum Gasteiger partial charge on any atom is 0.257 e. The lowest BCUT2D eigenvalue weighted by Gasteiger charge is -2.24. The highest BCUT2D eigenvalue weighted by atomic mass is 19.1. The first kappa shape index (κ1) is 20.6. The van der Waals surface area contributed by atoms with E-state index in [1.165, 1.54) is 6.07 Å². The number of aryl methyl sites for hydroxylation is 1. The number of hydrogen-bond acceptors (Lipinski definition) is 2. The molecule has 2 aromatic carbocycles. The first-order chi connectivity index (χ1) is 12.7. The zero-order valence-corrected chi connectivity index (χ0v) is 15.8. The van der Waals surface area contributed by atoms with Gasteiger partial charge in [0.2, 0.25) is 5.91 Å². The fraction of sp³-hybridized carbons (Fsp3) is 0.333. The van der Waals surface area contributed by atoms with Gasteiger partial charge in [0, 0.05) is 0 Å². The minimum absolute atomic E-state index is 0.269. The number of nitrogens with one attached hydrogen (secondary N) is 2. The van der Waals surface area contributed by atoms with E-state index in [0.29, 0.717) is 0 Å². The molecule has 0 spiro atoms. The summed E-state index contributed by atoms with van der Waals surface area (Å²) in [5.74, 6) is -3.58. The quantitative estimate of drug-likeness (QED) is 0.806. The number of hydrogen-bond donors (Lipinski definition) is 2. The molecule has 2 aromatic rings. The van der Waals surface area contributed by atoms with Gasteiger partial charge in [-0.2, -0.15) is 0 Å². The third-order valence-electron chi connectivity index (χ3n) is 4.36. The Labute approximate surface area is 158 Å². The number of benzene rings is 2. The van der Waals surface area contributed by atoms with Gasteiger partial charge in [-0.3, -0.25) is 9.59 Å². The summed E-state index contributed by atoms with van der Waals surface area (Å²) < 4.78 is 27.6. The molecule has 0 aliphatic carbocycles. The largest absolute Gasteiger partial charge is 0.348 e. The van der Waals surface area contributed by atoms with Gasteiger partial charge in [0.15, 0.2) is 0 Å². The molecule has 4 nitrogen and oxygen atoms in total. The molecule has 0 aliphatic heterocycles. The standard InChI is InChI=1S/C21H24F2N2O2/c1-12(2)19(25-20(26)18-16(22)6-5-7-17(18)23)21(27)24-14(4)15-10-8-13(3)9-11-15/h5-12,14,19H,1-4H3,(H,24,27)(H,25,26). The van der Waals surface area contributed by atoms with Crippen LogP contribution in [0.5, 0.6) is 0 Å². The number of halogens is 2. The Kier molecular flexibility index (Phi) is 6.66. The van der Waals surface area contributed by atoms with E-state index in [4.69, 9.17) is 0 Å². The van der Waals surface area contributed by atoms with E-state index < -0.39 is 35.1 Å². The van der Waals surface area contributed by atoms with Gasteiger partial charge in [0.05, 0.1) is 6.04 Å². The van der Waals surface area contributed by atoms with Crippen LogP contribution in [0.25, 0.3) is 0 Å². The Morgan fingerprint density at radius 1 is 0.889 bits per heavy atom. The Bertz CT molecular complexity index is 799. The van der Waals surface area contributed by atoms with E-state index in [2.05, 4.69) is 10.6 Å². The molecule has 2 amide bonds. The van der Waals surface area contributed by atoms with Crippen molar-refractivity contribution in [3.63, 3.8) is 0 Å². The van der Waals surface area contributed by atoms with Crippen LogP contribution in [0.4, 0.5) is 8.78 Å². The summed E-state index contributed by atoms with van der Waals surface area (Å²) in [5, 5.41) is 5.29. The third-order valence-corrected chi connectivity index (χ3v) is 4.36. The van der Waals surface area contributed by atoms with Crippen LogP contribution in [-0.2, 0) is 4.79 Å². The van der Waals surface area contributed by atoms with E-state index in [-0.39, 0.29) is 12.0 Å². The maximum atomic E-state index is 13.8. The second kappa shape index (κ2) is 8.75. The SMILES string of the molecule is Cc1ccc(C(C)NC(=O)C(NC(=O)c2c(F)cccc2F)C(C)C)cc1. The molecule has 0 bridgehead atoms. The van der Waals surface area contributed by atoms with E-state index in [0.717, 1.165) is 23.3 Å². The second-order valence-corrected chi connectivity index (χ2v) is 6.93. The summed E-state index contributed by atoms with van der Waals surface area (Å²) in [7, 11) is 0. The minimum atomic E-state index is -0.969. The Morgan fingerprint density at radius 2 is 1.44 bits per heavy atom. The first-order valence-corrected chi connectivity index (χ1v) is 8.82. The Balaban J connectivity index is 2.13. The smallest absolute Gasteiger partial charge is 0.257 e. The lowest BCUT2D eigenvalue weighted by molar-refractivity contribution is -0.124. The van der Waals surface area contributed by atoms with Crippen LogP contribution in [0.15, 0.2) is 42.5 Å². The Hall–Kier alpha value is -2.76. The molecule has 27 heavy (non-hydrogen) atoms. The molecule has 0 heterocycles. The van der Waals surface area contributed by atoms with Crippen molar-refractivity contribution in [2.24, 2.45) is 5.92 Å². The average Bonchev–Trinajstić information content (AvgIpc) is 2.59. The summed E-state index contributed by atoms with van der Waals surface area (Å²) in [6.07, 6.45) is 0. The van der Waals surface area contributed by atoms with Gasteiger partial charge in [-0.05, 0) is 37.5 Å². The van der Waals surface area contributed by atoms with Crippen LogP contribution in [0.1, 0.15) is 48.3 Å². The second-order valence-electron chi connectivity index (χ2n) is 6.93. The zero-order valence-electron chi connectivity index (χ0n) is 15.8. The van der Waals surface area contributed by atoms with Crippen LogP contribution in [0.3, 0.4) is 0 Å². The maximum absolute atomic E-state index is 13.8. The molecule has 6 heteroatoms. The van der Waals surface area contributed by atoms with Crippen LogP contribution in [0, 0.1) is 24.5 Å². The van der Waals surface area contributed by atoms with Gasteiger partial charge < -0.3 is 10.6 Å². The predicted molar refractivity (Wildman–Crippen MR) is 100 cm³/mol. The molecule has 2 N–H and O–H groups in total. The topological polar surface area (TPSA) is 58.2 Å². The molecule has 0 aromatic heterocycles. The van der Waals surface area contributed by atoms with Crippen molar-refractivity contribution in [3.05, 3.63) is 70.8 Å². The van der Waals surface area contributed by atoms with Crippen LogP contribution >= 0.6 is 0 Å². The van der Waals surface area contributed by atoms with E-state index in [1.807, 2.05) is 38.1 Å². The molecule has 2 rings (SSSR count). The number of carbonyl (C=O) groups excluding carboxylic acids is 2. The summed E-state index contributed by atoms with van der Waals surface area (Å²) in [6.45, 7) is 7.30. The predicted octanol–water partition coefficient (Wildman–Crippen LogP) is 3.91. The van der Waals surface area contributed by atoms with Gasteiger partial charge in [-0.25, -0.2) is 8.78 Å². The molecular formula is C21H24F2N2O2. The fourth-order valence-electron chi connectivity index (χ4n) is 2.70.